The summed E-state index contributed by atoms with van der Waals surface area (Å²) >= 11 is 1.52. The number of imidazole rings is 1. The van der Waals surface area contributed by atoms with Crippen molar-refractivity contribution < 1.29 is 4.79 Å². The Labute approximate surface area is 133 Å². The number of hydrogen-bond donors (Lipinski definition) is 1. The van der Waals surface area contributed by atoms with Gasteiger partial charge < -0.3 is 5.32 Å². The summed E-state index contributed by atoms with van der Waals surface area (Å²) in [5.74, 6) is 0.527. The number of aromatic nitrogens is 3. The van der Waals surface area contributed by atoms with Gasteiger partial charge in [-0.05, 0) is 17.5 Å². The van der Waals surface area contributed by atoms with Crippen LogP contribution in [0.1, 0.15) is 27.2 Å². The number of carbonyl (C=O) groups is 1. The van der Waals surface area contributed by atoms with Gasteiger partial charge in [0.15, 0.2) is 5.82 Å². The second-order valence-corrected chi connectivity index (χ2v) is 7.12. The zero-order valence-electron chi connectivity index (χ0n) is 12.8. The standard InChI is InChI=1S/C16H18N4OS/c1-16(2,3)8-13(21)19-15-14(11-9-22-10-17-11)20-7-5-4-6-12(20)18-15/h4-7,9-10H,8H2,1-3H3,(H,19,21). The molecule has 0 aliphatic rings. The number of rotatable bonds is 3. The first-order valence-corrected chi connectivity index (χ1v) is 8.04. The second kappa shape index (κ2) is 5.53. The van der Waals surface area contributed by atoms with Gasteiger partial charge in [0, 0.05) is 18.0 Å². The number of carbonyl (C=O) groups excluding carboxylic acids is 1. The third kappa shape index (κ3) is 3.01. The Hall–Kier alpha value is -2.21. The van der Waals surface area contributed by atoms with Gasteiger partial charge in [-0.1, -0.05) is 26.8 Å². The topological polar surface area (TPSA) is 59.3 Å². The molecule has 0 fully saturated rings. The first-order valence-electron chi connectivity index (χ1n) is 7.09. The minimum atomic E-state index is -0.0654. The Morgan fingerprint density at radius 2 is 2.18 bits per heavy atom. The molecule has 3 rings (SSSR count). The van der Waals surface area contributed by atoms with Gasteiger partial charge >= 0.3 is 0 Å². The van der Waals surface area contributed by atoms with Crippen molar-refractivity contribution in [2.75, 3.05) is 5.32 Å². The highest BCUT2D eigenvalue weighted by Crippen LogP contribution is 2.29. The van der Waals surface area contributed by atoms with Crippen LogP contribution in [0.3, 0.4) is 0 Å². The zero-order chi connectivity index (χ0) is 15.7. The summed E-state index contributed by atoms with van der Waals surface area (Å²) in [6.07, 6.45) is 2.37. The molecule has 0 saturated heterocycles. The molecule has 3 aromatic rings. The van der Waals surface area contributed by atoms with Crippen molar-refractivity contribution in [3.8, 4) is 11.4 Å². The molecule has 0 radical (unpaired) electrons. The largest absolute Gasteiger partial charge is 0.309 e. The summed E-state index contributed by atoms with van der Waals surface area (Å²) in [6, 6.07) is 5.77. The lowest BCUT2D eigenvalue weighted by Gasteiger charge is -2.16. The summed E-state index contributed by atoms with van der Waals surface area (Å²) in [5, 5.41) is 4.89. The Kier molecular flexibility index (Phi) is 3.70. The molecule has 5 nitrogen and oxygen atoms in total. The molecule has 0 aliphatic carbocycles. The van der Waals surface area contributed by atoms with E-state index in [0.29, 0.717) is 12.2 Å². The molecule has 1 N–H and O–H groups in total. The van der Waals surface area contributed by atoms with Crippen molar-refractivity contribution in [2.45, 2.75) is 27.2 Å². The van der Waals surface area contributed by atoms with Crippen molar-refractivity contribution >= 4 is 28.7 Å². The number of thiazole rings is 1. The third-order valence-corrected chi connectivity index (χ3v) is 3.74. The summed E-state index contributed by atoms with van der Waals surface area (Å²) in [4.78, 5) is 21.1. The minimum Gasteiger partial charge on any atom is -0.309 e. The lowest BCUT2D eigenvalue weighted by molar-refractivity contribution is -0.117. The second-order valence-electron chi connectivity index (χ2n) is 6.40. The highest BCUT2D eigenvalue weighted by atomic mass is 32.1. The van der Waals surface area contributed by atoms with Crippen LogP contribution in [0.5, 0.6) is 0 Å². The van der Waals surface area contributed by atoms with Gasteiger partial charge in [-0.2, -0.15) is 0 Å². The average Bonchev–Trinajstić information content (AvgIpc) is 3.01. The predicted octanol–water partition coefficient (Wildman–Crippen LogP) is 3.83. The van der Waals surface area contributed by atoms with Crippen molar-refractivity contribution in [1.82, 2.24) is 14.4 Å². The number of nitrogens with one attached hydrogen (secondary N) is 1. The lowest BCUT2D eigenvalue weighted by Crippen LogP contribution is -2.20. The van der Waals surface area contributed by atoms with E-state index in [1.54, 1.807) is 5.51 Å². The van der Waals surface area contributed by atoms with E-state index in [1.807, 2.05) is 54.9 Å². The highest BCUT2D eigenvalue weighted by Gasteiger charge is 2.20. The summed E-state index contributed by atoms with van der Waals surface area (Å²) in [6.45, 7) is 6.12. The number of nitrogens with zero attached hydrogens (tertiary/aromatic N) is 3. The van der Waals surface area contributed by atoms with Crippen molar-refractivity contribution in [2.24, 2.45) is 5.41 Å². The van der Waals surface area contributed by atoms with E-state index in [2.05, 4.69) is 15.3 Å². The first kappa shape index (κ1) is 14.7. The van der Waals surface area contributed by atoms with E-state index in [4.69, 9.17) is 0 Å². The lowest BCUT2D eigenvalue weighted by atomic mass is 9.92. The average molecular weight is 314 g/mol. The highest BCUT2D eigenvalue weighted by molar-refractivity contribution is 7.07. The van der Waals surface area contributed by atoms with E-state index in [0.717, 1.165) is 17.0 Å². The normalized spacial score (nSPS) is 11.8. The predicted molar refractivity (Wildman–Crippen MR) is 89.0 cm³/mol. The smallest absolute Gasteiger partial charge is 0.226 e. The molecule has 3 heterocycles. The van der Waals surface area contributed by atoms with Crippen LogP contribution in [-0.2, 0) is 4.79 Å². The maximum atomic E-state index is 12.2. The zero-order valence-corrected chi connectivity index (χ0v) is 13.6. The van der Waals surface area contributed by atoms with E-state index >= 15 is 0 Å². The fourth-order valence-electron chi connectivity index (χ4n) is 2.32. The fourth-order valence-corrected chi connectivity index (χ4v) is 2.85. The number of pyridine rings is 1. The van der Waals surface area contributed by atoms with Gasteiger partial charge in [-0.3, -0.25) is 9.20 Å². The number of hydrogen-bond acceptors (Lipinski definition) is 4. The van der Waals surface area contributed by atoms with Crippen LogP contribution in [0, 0.1) is 5.41 Å². The van der Waals surface area contributed by atoms with Gasteiger partial charge in [-0.25, -0.2) is 9.97 Å². The van der Waals surface area contributed by atoms with E-state index in [1.165, 1.54) is 11.3 Å². The number of amides is 1. The van der Waals surface area contributed by atoms with Crippen molar-refractivity contribution in [3.05, 3.63) is 35.3 Å². The molecule has 0 aromatic carbocycles. The molecule has 114 valence electrons. The third-order valence-electron chi connectivity index (χ3n) is 3.15. The maximum absolute atomic E-state index is 12.2. The Bertz CT molecular complexity index is 799. The fraction of sp³-hybridized carbons (Fsp3) is 0.312. The monoisotopic (exact) mass is 314 g/mol. The van der Waals surface area contributed by atoms with Gasteiger partial charge in [0.1, 0.15) is 17.0 Å². The Balaban J connectivity index is 2.02. The molecule has 0 aliphatic heterocycles. The van der Waals surface area contributed by atoms with Crippen LogP contribution < -0.4 is 5.32 Å². The molecule has 1 amide bonds. The van der Waals surface area contributed by atoms with Crippen molar-refractivity contribution in [1.29, 1.82) is 0 Å². The number of fused-ring (bicyclic) bond motifs is 1. The summed E-state index contributed by atoms with van der Waals surface area (Å²) in [5.41, 5.74) is 4.13. The minimum absolute atomic E-state index is 0.0348. The van der Waals surface area contributed by atoms with Gasteiger partial charge in [-0.15, -0.1) is 11.3 Å². The van der Waals surface area contributed by atoms with Gasteiger partial charge in [0.05, 0.1) is 5.51 Å². The molecule has 0 spiro atoms. The van der Waals surface area contributed by atoms with E-state index < -0.39 is 0 Å². The SMILES string of the molecule is CC(C)(C)CC(=O)Nc1nc2ccccn2c1-c1cscn1. The molecule has 0 saturated carbocycles. The number of anilines is 1. The van der Waals surface area contributed by atoms with Crippen molar-refractivity contribution in [3.63, 3.8) is 0 Å². The van der Waals surface area contributed by atoms with Crippen LogP contribution in [0.15, 0.2) is 35.3 Å². The molecule has 0 unspecified atom stereocenters. The quantitative estimate of drug-likeness (QED) is 0.799. The molecule has 22 heavy (non-hydrogen) atoms. The van der Waals surface area contributed by atoms with Crippen LogP contribution in [0.4, 0.5) is 5.82 Å². The molecular weight excluding hydrogens is 296 g/mol. The maximum Gasteiger partial charge on any atom is 0.226 e. The summed E-state index contributed by atoms with van der Waals surface area (Å²) in [7, 11) is 0. The van der Waals surface area contributed by atoms with Crippen LogP contribution in [-0.4, -0.2) is 20.3 Å². The van der Waals surface area contributed by atoms with E-state index in [-0.39, 0.29) is 11.3 Å². The molecular formula is C16H18N4OS. The summed E-state index contributed by atoms with van der Waals surface area (Å²) < 4.78 is 1.95. The Morgan fingerprint density at radius 1 is 1.36 bits per heavy atom. The van der Waals surface area contributed by atoms with Gasteiger partial charge in [0.25, 0.3) is 0 Å². The van der Waals surface area contributed by atoms with Gasteiger partial charge in [0.2, 0.25) is 5.91 Å². The molecule has 6 heteroatoms. The molecule has 0 bridgehead atoms. The molecule has 0 atom stereocenters. The first-order chi connectivity index (χ1) is 10.4. The molecule has 3 aromatic heterocycles. The Morgan fingerprint density at radius 3 is 2.86 bits per heavy atom. The van der Waals surface area contributed by atoms with E-state index in [9.17, 15) is 4.79 Å². The van der Waals surface area contributed by atoms with Crippen LogP contribution >= 0.6 is 11.3 Å². The van der Waals surface area contributed by atoms with Crippen LogP contribution in [0.25, 0.3) is 17.0 Å². The van der Waals surface area contributed by atoms with Crippen LogP contribution in [0.2, 0.25) is 0 Å².